The number of carboxylic acid groups (broad SMARTS) is 1. The first kappa shape index (κ1) is 27.9. The van der Waals surface area contributed by atoms with Gasteiger partial charge >= 0.3 is 12.1 Å². The van der Waals surface area contributed by atoms with Crippen molar-refractivity contribution in [2.24, 2.45) is 0 Å². The van der Waals surface area contributed by atoms with Crippen LogP contribution >= 0.6 is 27.5 Å². The van der Waals surface area contributed by atoms with Crippen molar-refractivity contribution in [3.05, 3.63) is 15.6 Å². The van der Waals surface area contributed by atoms with E-state index >= 15 is 0 Å². The smallest absolute Gasteiger partial charge is 0.407 e. The molecule has 1 aromatic carbocycles. The number of alkyl halides is 2. The zero-order valence-electron chi connectivity index (χ0n) is 21.2. The topological polar surface area (TPSA) is 115 Å². The fraction of sp³-hybridized carbons (Fsp3) is 0.600. The van der Waals surface area contributed by atoms with Gasteiger partial charge in [-0.25, -0.2) is 13.6 Å². The maximum Gasteiger partial charge on any atom is 0.407 e. The van der Waals surface area contributed by atoms with Crippen LogP contribution in [0.3, 0.4) is 0 Å². The Bertz CT molecular complexity index is 1310. The minimum Gasteiger partial charge on any atom is -0.486 e. The third-order valence-corrected chi connectivity index (χ3v) is 8.88. The number of nitrogens with zero attached hydrogens (tertiary/aromatic N) is 6. The van der Waals surface area contributed by atoms with Crippen LogP contribution < -0.4 is 14.4 Å². The van der Waals surface area contributed by atoms with Crippen LogP contribution in [-0.2, 0) is 0 Å². The van der Waals surface area contributed by atoms with Crippen molar-refractivity contribution in [3.8, 4) is 17.8 Å². The minimum atomic E-state index is -2.77. The molecule has 3 aliphatic rings. The van der Waals surface area contributed by atoms with E-state index in [0.29, 0.717) is 34.3 Å². The van der Waals surface area contributed by atoms with Crippen molar-refractivity contribution in [3.63, 3.8) is 0 Å². The molecule has 2 atom stereocenters. The molecule has 39 heavy (non-hydrogen) atoms. The molecule has 0 spiro atoms. The monoisotopic (exact) mass is 628 g/mol. The standard InChI is InChI=1S/C25H28BrClF2N6O4/c1-33-6-2-3-15(33)13-38-23-31-20-17(9-18(27)19(26)21(20)39-16-10-25(28,29)11-16)22(32-23)34-7-8-35(24(36)37)14(12-34)4-5-30/h9,14-16H,2-4,6-8,10-13H2,1H3,(H,36,37)/t14-,15-/m0/s1. The van der Waals surface area contributed by atoms with E-state index in [1.807, 2.05) is 11.9 Å². The lowest BCUT2D eigenvalue weighted by molar-refractivity contribution is -0.134. The number of benzene rings is 1. The number of carbonyl (C=O) groups is 1. The molecular weight excluding hydrogens is 602 g/mol. The van der Waals surface area contributed by atoms with Crippen LogP contribution in [0.4, 0.5) is 19.4 Å². The maximum atomic E-state index is 13.6. The molecule has 1 amide bonds. The Kier molecular flexibility index (Phi) is 7.90. The molecule has 210 valence electrons. The number of likely N-dealkylation sites (tertiary alicyclic amines) is 1. The molecule has 1 N–H and O–H groups in total. The van der Waals surface area contributed by atoms with E-state index in [-0.39, 0.29) is 42.3 Å². The molecule has 2 saturated heterocycles. The Morgan fingerprint density at radius 1 is 1.31 bits per heavy atom. The summed E-state index contributed by atoms with van der Waals surface area (Å²) in [5, 5.41) is 19.7. The van der Waals surface area contributed by atoms with Gasteiger partial charge in [-0.3, -0.25) is 0 Å². The van der Waals surface area contributed by atoms with Gasteiger partial charge in [0.25, 0.3) is 5.92 Å². The summed E-state index contributed by atoms with van der Waals surface area (Å²) in [7, 11) is 2.03. The summed E-state index contributed by atoms with van der Waals surface area (Å²) in [4.78, 5) is 26.4. The van der Waals surface area contributed by atoms with Crippen molar-refractivity contribution < 1.29 is 28.2 Å². The summed E-state index contributed by atoms with van der Waals surface area (Å²) >= 11 is 9.97. The van der Waals surface area contributed by atoms with E-state index in [1.165, 1.54) is 4.90 Å². The van der Waals surface area contributed by atoms with Gasteiger partial charge in [0.15, 0.2) is 5.75 Å². The summed E-state index contributed by atoms with van der Waals surface area (Å²) in [6.45, 7) is 2.03. The van der Waals surface area contributed by atoms with Crippen LogP contribution in [0.25, 0.3) is 10.9 Å². The second-order valence-corrected chi connectivity index (χ2v) is 11.5. The second-order valence-electron chi connectivity index (χ2n) is 10.3. The fourth-order valence-electron chi connectivity index (χ4n) is 5.36. The molecule has 1 aliphatic carbocycles. The molecule has 0 bridgehead atoms. The largest absolute Gasteiger partial charge is 0.486 e. The highest BCUT2D eigenvalue weighted by Crippen LogP contribution is 2.46. The molecule has 1 aromatic heterocycles. The van der Waals surface area contributed by atoms with Gasteiger partial charge in [0.05, 0.1) is 28.0 Å². The van der Waals surface area contributed by atoms with Crippen molar-refractivity contribution in [1.29, 1.82) is 5.26 Å². The van der Waals surface area contributed by atoms with Crippen LogP contribution in [0.15, 0.2) is 10.5 Å². The molecule has 14 heteroatoms. The van der Waals surface area contributed by atoms with Crippen molar-refractivity contribution in [1.82, 2.24) is 19.8 Å². The highest BCUT2D eigenvalue weighted by Gasteiger charge is 2.47. The van der Waals surface area contributed by atoms with Crippen molar-refractivity contribution >= 4 is 50.3 Å². The lowest BCUT2D eigenvalue weighted by Crippen LogP contribution is -2.55. The number of nitriles is 1. The van der Waals surface area contributed by atoms with Gasteiger partial charge < -0.3 is 29.3 Å². The molecule has 3 heterocycles. The van der Waals surface area contributed by atoms with Crippen molar-refractivity contribution in [2.75, 3.05) is 44.7 Å². The predicted octanol–water partition coefficient (Wildman–Crippen LogP) is 4.78. The second kappa shape index (κ2) is 11.1. The van der Waals surface area contributed by atoms with E-state index in [0.717, 1.165) is 19.4 Å². The summed E-state index contributed by atoms with van der Waals surface area (Å²) in [5.41, 5.74) is 0.346. The number of anilines is 1. The average Bonchev–Trinajstić information content (AvgIpc) is 3.28. The van der Waals surface area contributed by atoms with E-state index in [2.05, 4.69) is 31.9 Å². The first-order chi connectivity index (χ1) is 18.6. The lowest BCUT2D eigenvalue weighted by Gasteiger charge is -2.40. The van der Waals surface area contributed by atoms with Crippen molar-refractivity contribution in [2.45, 2.75) is 56.2 Å². The summed E-state index contributed by atoms with van der Waals surface area (Å²) in [6, 6.07) is 3.45. The molecule has 0 radical (unpaired) electrons. The Hall–Kier alpha value is -2.69. The quantitative estimate of drug-likeness (QED) is 0.462. The number of likely N-dealkylation sites (N-methyl/N-ethyl adjacent to an activating group) is 1. The molecular formula is C25H28BrClF2N6O4. The van der Waals surface area contributed by atoms with Gasteiger partial charge in [-0.15, -0.1) is 0 Å². The normalized spacial score (nSPS) is 23.5. The molecule has 1 saturated carbocycles. The summed E-state index contributed by atoms with van der Waals surface area (Å²) in [5.74, 6) is -2.10. The zero-order chi connectivity index (χ0) is 27.9. The van der Waals surface area contributed by atoms with Gasteiger partial charge in [0.2, 0.25) is 0 Å². The van der Waals surface area contributed by atoms with Gasteiger partial charge in [-0.2, -0.15) is 15.2 Å². The fourth-order valence-corrected chi connectivity index (χ4v) is 5.95. The number of piperazine rings is 1. The highest BCUT2D eigenvalue weighted by atomic mass is 79.9. The van der Waals surface area contributed by atoms with Gasteiger partial charge in [-0.05, 0) is 48.4 Å². The maximum absolute atomic E-state index is 13.6. The number of hydrogen-bond acceptors (Lipinski definition) is 8. The highest BCUT2D eigenvalue weighted by molar-refractivity contribution is 9.10. The number of fused-ring (bicyclic) bond motifs is 1. The third-order valence-electron chi connectivity index (χ3n) is 7.57. The van der Waals surface area contributed by atoms with E-state index in [1.54, 1.807) is 6.07 Å². The zero-order valence-corrected chi connectivity index (χ0v) is 23.6. The molecule has 5 rings (SSSR count). The lowest BCUT2D eigenvalue weighted by atomic mass is 9.91. The summed E-state index contributed by atoms with van der Waals surface area (Å²) < 4.78 is 39.6. The summed E-state index contributed by atoms with van der Waals surface area (Å²) in [6.07, 6.45) is -0.544. The Labute approximate surface area is 237 Å². The molecule has 0 unspecified atom stereocenters. The number of rotatable bonds is 7. The van der Waals surface area contributed by atoms with Crippen LogP contribution in [0.1, 0.15) is 32.1 Å². The van der Waals surface area contributed by atoms with E-state index in [4.69, 9.17) is 26.1 Å². The van der Waals surface area contributed by atoms with Crippen LogP contribution in [-0.4, -0.2) is 94.9 Å². The minimum absolute atomic E-state index is 0.0136. The molecule has 10 nitrogen and oxygen atoms in total. The van der Waals surface area contributed by atoms with E-state index < -0.39 is 37.0 Å². The van der Waals surface area contributed by atoms with E-state index in [9.17, 15) is 23.9 Å². The Morgan fingerprint density at radius 3 is 2.72 bits per heavy atom. The Morgan fingerprint density at radius 2 is 2.08 bits per heavy atom. The van der Waals surface area contributed by atoms with Gasteiger partial charge in [0.1, 0.15) is 24.0 Å². The average molecular weight is 630 g/mol. The third kappa shape index (κ3) is 5.78. The first-order valence-electron chi connectivity index (χ1n) is 12.7. The number of halogens is 4. The first-order valence-corrected chi connectivity index (χ1v) is 13.9. The number of hydrogen-bond donors (Lipinski definition) is 1. The predicted molar refractivity (Wildman–Crippen MR) is 143 cm³/mol. The van der Waals surface area contributed by atoms with Crippen LogP contribution in [0.5, 0.6) is 11.8 Å². The van der Waals surface area contributed by atoms with Crippen LogP contribution in [0, 0.1) is 11.3 Å². The molecule has 3 fully saturated rings. The number of amides is 1. The number of aromatic nitrogens is 2. The number of ether oxygens (including phenoxy) is 2. The van der Waals surface area contributed by atoms with Gasteiger partial charge in [0, 0.05) is 43.9 Å². The Balaban J connectivity index is 1.55. The molecule has 2 aliphatic heterocycles. The SMILES string of the molecule is CN1CCC[C@H]1COc1nc(N2CCN(C(=O)O)[C@@H](CC#N)C2)c2cc(Cl)c(Br)c(OC3CC(F)(F)C3)c2n1. The van der Waals surface area contributed by atoms with Gasteiger partial charge in [-0.1, -0.05) is 11.6 Å². The molecule has 2 aromatic rings. The van der Waals surface area contributed by atoms with Crippen LogP contribution in [0.2, 0.25) is 5.02 Å².